The monoisotopic (exact) mass is 424 g/mol. The van der Waals surface area contributed by atoms with Crippen molar-refractivity contribution >= 4 is 22.4 Å². The number of carbonyl (C=O) groups is 1. The van der Waals surface area contributed by atoms with E-state index in [-0.39, 0.29) is 5.91 Å². The van der Waals surface area contributed by atoms with E-state index in [1.807, 2.05) is 48.7 Å². The molecule has 1 N–H and O–H groups in total. The Morgan fingerprint density at radius 2 is 1.70 bits per heavy atom. The van der Waals surface area contributed by atoms with E-state index in [2.05, 4.69) is 29.4 Å². The third-order valence-corrected chi connectivity index (χ3v) is 5.25. The summed E-state index contributed by atoms with van der Waals surface area (Å²) in [7, 11) is 0. The molecule has 6 heteroatoms. The molecule has 0 saturated carbocycles. The first-order valence-corrected chi connectivity index (χ1v) is 11.3. The van der Waals surface area contributed by atoms with Crippen LogP contribution in [0.2, 0.25) is 0 Å². The van der Waals surface area contributed by atoms with Crippen LogP contribution in [-0.2, 0) is 11.2 Å². The first-order chi connectivity index (χ1) is 14.7. The van der Waals surface area contributed by atoms with E-state index < -0.39 is 0 Å². The summed E-state index contributed by atoms with van der Waals surface area (Å²) in [5.74, 6) is 1.63. The first kappa shape index (κ1) is 21.8. The van der Waals surface area contributed by atoms with Gasteiger partial charge in [0.2, 0.25) is 5.91 Å². The minimum atomic E-state index is -0.0514. The summed E-state index contributed by atoms with van der Waals surface area (Å²) in [6, 6.07) is 16.0. The van der Waals surface area contributed by atoms with Gasteiger partial charge in [0.25, 0.3) is 0 Å². The van der Waals surface area contributed by atoms with Crippen molar-refractivity contribution in [2.45, 2.75) is 39.5 Å². The number of benzene rings is 2. The van der Waals surface area contributed by atoms with Crippen LogP contribution in [-0.4, -0.2) is 24.1 Å². The van der Waals surface area contributed by atoms with Crippen molar-refractivity contribution in [3.63, 3.8) is 0 Å². The van der Waals surface area contributed by atoms with Gasteiger partial charge < -0.3 is 14.8 Å². The number of aryl methyl sites for hydroxylation is 1. The number of rotatable bonds is 11. The van der Waals surface area contributed by atoms with Crippen molar-refractivity contribution in [2.75, 3.05) is 18.5 Å². The summed E-state index contributed by atoms with van der Waals surface area (Å²) in [5.41, 5.74) is 3.15. The quantitative estimate of drug-likeness (QED) is 0.386. The normalized spacial score (nSPS) is 10.6. The summed E-state index contributed by atoms with van der Waals surface area (Å²) in [6.45, 7) is 5.28. The fraction of sp³-hybridized carbons (Fsp3) is 0.333. The van der Waals surface area contributed by atoms with Crippen LogP contribution < -0.4 is 14.8 Å². The molecule has 0 fully saturated rings. The Hall–Kier alpha value is -2.86. The molecule has 0 unspecified atom stereocenters. The standard InChI is InChI=1S/C24H28N2O3S/c1-3-6-18-8-12-21(13-9-18)29-16-5-7-23(27)26-24-25-22(17-30-24)19-10-14-20(15-11-19)28-4-2/h8-15,17H,3-7,16H2,1-2H3,(H,25,26,27). The highest BCUT2D eigenvalue weighted by molar-refractivity contribution is 7.14. The van der Waals surface area contributed by atoms with Crippen LogP contribution in [0, 0.1) is 0 Å². The predicted octanol–water partition coefficient (Wildman–Crippen LogP) is 5.96. The van der Waals surface area contributed by atoms with Gasteiger partial charge in [0.1, 0.15) is 11.5 Å². The molecule has 0 aliphatic rings. The zero-order chi connectivity index (χ0) is 21.2. The number of nitrogens with one attached hydrogen (secondary N) is 1. The average Bonchev–Trinajstić information content (AvgIpc) is 3.22. The molecule has 1 amide bonds. The number of ether oxygens (including phenoxy) is 2. The lowest BCUT2D eigenvalue weighted by molar-refractivity contribution is -0.116. The Balaban J connectivity index is 1.41. The first-order valence-electron chi connectivity index (χ1n) is 10.4. The van der Waals surface area contributed by atoms with Gasteiger partial charge in [-0.2, -0.15) is 0 Å². The molecule has 2 aromatic carbocycles. The van der Waals surface area contributed by atoms with Gasteiger partial charge in [0, 0.05) is 17.4 Å². The molecule has 3 aromatic rings. The fourth-order valence-corrected chi connectivity index (χ4v) is 3.73. The van der Waals surface area contributed by atoms with E-state index in [1.54, 1.807) is 0 Å². The van der Waals surface area contributed by atoms with Gasteiger partial charge in [-0.25, -0.2) is 4.98 Å². The lowest BCUT2D eigenvalue weighted by atomic mass is 10.1. The van der Waals surface area contributed by atoms with Crippen molar-refractivity contribution in [3.05, 3.63) is 59.5 Å². The van der Waals surface area contributed by atoms with Crippen LogP contribution in [0.15, 0.2) is 53.9 Å². The number of anilines is 1. The minimum Gasteiger partial charge on any atom is -0.494 e. The third kappa shape index (κ3) is 6.59. The largest absolute Gasteiger partial charge is 0.494 e. The van der Waals surface area contributed by atoms with Gasteiger partial charge in [0.05, 0.1) is 18.9 Å². The molecule has 0 aliphatic heterocycles. The predicted molar refractivity (Wildman–Crippen MR) is 123 cm³/mol. The maximum absolute atomic E-state index is 12.2. The number of amides is 1. The van der Waals surface area contributed by atoms with Gasteiger partial charge in [-0.05, 0) is 61.7 Å². The van der Waals surface area contributed by atoms with E-state index >= 15 is 0 Å². The molecule has 1 aromatic heterocycles. The Kier molecular flexibility index (Phi) is 8.27. The second kappa shape index (κ2) is 11.4. The molecule has 0 aliphatic carbocycles. The van der Waals surface area contributed by atoms with E-state index in [9.17, 15) is 4.79 Å². The molecule has 3 rings (SSSR count). The van der Waals surface area contributed by atoms with E-state index in [1.165, 1.54) is 16.9 Å². The van der Waals surface area contributed by atoms with E-state index in [0.29, 0.717) is 31.2 Å². The maximum atomic E-state index is 12.2. The van der Waals surface area contributed by atoms with Gasteiger partial charge >= 0.3 is 0 Å². The van der Waals surface area contributed by atoms with Crippen LogP contribution >= 0.6 is 11.3 Å². The Morgan fingerprint density at radius 1 is 1.00 bits per heavy atom. The molecule has 0 saturated heterocycles. The summed E-state index contributed by atoms with van der Waals surface area (Å²) in [4.78, 5) is 16.7. The lowest BCUT2D eigenvalue weighted by Crippen LogP contribution is -2.12. The Bertz CT molecular complexity index is 920. The highest BCUT2D eigenvalue weighted by Crippen LogP contribution is 2.26. The maximum Gasteiger partial charge on any atom is 0.226 e. The lowest BCUT2D eigenvalue weighted by Gasteiger charge is -2.07. The summed E-state index contributed by atoms with van der Waals surface area (Å²) < 4.78 is 11.2. The highest BCUT2D eigenvalue weighted by atomic mass is 32.1. The number of hydrogen-bond acceptors (Lipinski definition) is 5. The fourth-order valence-electron chi connectivity index (χ4n) is 3.00. The van der Waals surface area contributed by atoms with E-state index in [4.69, 9.17) is 9.47 Å². The SMILES string of the molecule is CCCc1ccc(OCCCC(=O)Nc2nc(-c3ccc(OCC)cc3)cs2)cc1. The van der Waals surface area contributed by atoms with Crippen molar-refractivity contribution in [3.8, 4) is 22.8 Å². The van der Waals surface area contributed by atoms with Crippen molar-refractivity contribution in [1.82, 2.24) is 4.98 Å². The van der Waals surface area contributed by atoms with Gasteiger partial charge in [-0.3, -0.25) is 4.79 Å². The van der Waals surface area contributed by atoms with Crippen LogP contribution in [0.5, 0.6) is 11.5 Å². The number of nitrogens with zero attached hydrogens (tertiary/aromatic N) is 1. The molecular weight excluding hydrogens is 396 g/mol. The average molecular weight is 425 g/mol. The minimum absolute atomic E-state index is 0.0514. The Labute approximate surface area is 182 Å². The summed E-state index contributed by atoms with van der Waals surface area (Å²) in [6.07, 6.45) is 3.26. The molecule has 0 spiro atoms. The molecular formula is C24H28N2O3S. The van der Waals surface area contributed by atoms with Gasteiger partial charge in [-0.15, -0.1) is 11.3 Å². The van der Waals surface area contributed by atoms with Crippen molar-refractivity contribution < 1.29 is 14.3 Å². The molecule has 5 nitrogen and oxygen atoms in total. The van der Waals surface area contributed by atoms with Gasteiger partial charge in [0.15, 0.2) is 5.13 Å². The van der Waals surface area contributed by atoms with Gasteiger partial charge in [-0.1, -0.05) is 25.5 Å². The second-order valence-corrected chi connectivity index (χ2v) is 7.75. The van der Waals surface area contributed by atoms with Crippen LogP contribution in [0.1, 0.15) is 38.7 Å². The van der Waals surface area contributed by atoms with Crippen molar-refractivity contribution in [2.24, 2.45) is 0 Å². The number of hydrogen-bond donors (Lipinski definition) is 1. The molecule has 0 atom stereocenters. The second-order valence-electron chi connectivity index (χ2n) is 6.89. The van der Waals surface area contributed by atoms with Crippen LogP contribution in [0.4, 0.5) is 5.13 Å². The Morgan fingerprint density at radius 3 is 2.40 bits per heavy atom. The third-order valence-electron chi connectivity index (χ3n) is 4.49. The molecule has 158 valence electrons. The number of carbonyl (C=O) groups excluding carboxylic acids is 1. The zero-order valence-electron chi connectivity index (χ0n) is 17.5. The number of aromatic nitrogens is 1. The highest BCUT2D eigenvalue weighted by Gasteiger charge is 2.08. The number of thiazole rings is 1. The topological polar surface area (TPSA) is 60.5 Å². The molecule has 0 bridgehead atoms. The summed E-state index contributed by atoms with van der Waals surface area (Å²) in [5, 5.41) is 5.42. The van der Waals surface area contributed by atoms with Crippen molar-refractivity contribution in [1.29, 1.82) is 0 Å². The smallest absolute Gasteiger partial charge is 0.226 e. The molecule has 0 radical (unpaired) electrons. The van der Waals surface area contributed by atoms with Crippen LogP contribution in [0.25, 0.3) is 11.3 Å². The molecule has 30 heavy (non-hydrogen) atoms. The van der Waals surface area contributed by atoms with E-state index in [0.717, 1.165) is 35.6 Å². The molecule has 1 heterocycles. The van der Waals surface area contributed by atoms with Crippen LogP contribution in [0.3, 0.4) is 0 Å². The zero-order valence-corrected chi connectivity index (χ0v) is 18.3. The summed E-state index contributed by atoms with van der Waals surface area (Å²) >= 11 is 1.42.